The second-order valence-corrected chi connectivity index (χ2v) is 6.48. The molecular weight excluding hydrogens is 266 g/mol. The van der Waals surface area contributed by atoms with Crippen LogP contribution >= 0.6 is 0 Å². The van der Waals surface area contributed by atoms with Crippen molar-refractivity contribution in [3.63, 3.8) is 0 Å². The van der Waals surface area contributed by atoms with Crippen LogP contribution in [0.1, 0.15) is 45.6 Å². The van der Waals surface area contributed by atoms with Crippen molar-refractivity contribution in [2.75, 3.05) is 0 Å². The van der Waals surface area contributed by atoms with E-state index in [1.807, 2.05) is 51.1 Å². The van der Waals surface area contributed by atoms with Crippen LogP contribution in [-0.4, -0.2) is 28.5 Å². The lowest BCUT2D eigenvalue weighted by Crippen LogP contribution is -2.50. The van der Waals surface area contributed by atoms with E-state index in [4.69, 9.17) is 4.74 Å². The summed E-state index contributed by atoms with van der Waals surface area (Å²) < 4.78 is 5.38. The zero-order chi connectivity index (χ0) is 15.5. The predicted octanol–water partition coefficient (Wildman–Crippen LogP) is 3.55. The van der Waals surface area contributed by atoms with Crippen LogP contribution in [0.25, 0.3) is 0 Å². The van der Waals surface area contributed by atoms with Crippen molar-refractivity contribution in [1.29, 1.82) is 0 Å². The van der Waals surface area contributed by atoms with Gasteiger partial charge in [0, 0.05) is 12.5 Å². The summed E-state index contributed by atoms with van der Waals surface area (Å²) in [7, 11) is 0. The molecule has 21 heavy (non-hydrogen) atoms. The molecule has 0 aromatic heterocycles. The van der Waals surface area contributed by atoms with E-state index >= 15 is 0 Å². The highest BCUT2D eigenvalue weighted by molar-refractivity contribution is 5.93. The van der Waals surface area contributed by atoms with E-state index in [2.05, 4.69) is 0 Å². The van der Waals surface area contributed by atoms with Crippen LogP contribution in [0, 0.1) is 0 Å². The number of benzene rings is 1. The van der Waals surface area contributed by atoms with Crippen molar-refractivity contribution in [2.24, 2.45) is 0 Å². The van der Waals surface area contributed by atoms with Gasteiger partial charge in [-0.05, 0) is 45.6 Å². The molecule has 2 rings (SSSR count). The maximum Gasteiger partial charge on any atom is 0.417 e. The van der Waals surface area contributed by atoms with Crippen LogP contribution in [0.5, 0.6) is 0 Å². The number of nitrogens with zero attached hydrogens (tertiary/aromatic N) is 1. The van der Waals surface area contributed by atoms with Crippen LogP contribution in [0.4, 0.5) is 4.79 Å². The van der Waals surface area contributed by atoms with E-state index in [0.29, 0.717) is 12.8 Å². The first-order valence-corrected chi connectivity index (χ1v) is 7.46. The minimum atomic E-state index is -0.591. The Labute approximate surface area is 126 Å². The first-order valence-electron chi connectivity index (χ1n) is 7.46. The van der Waals surface area contributed by atoms with Crippen LogP contribution in [0.15, 0.2) is 30.3 Å². The molecule has 1 heterocycles. The number of carbonyl (C=O) groups excluding carboxylic acids is 2. The normalized spacial score (nSPS) is 19.5. The van der Waals surface area contributed by atoms with Gasteiger partial charge in [0.05, 0.1) is 0 Å². The van der Waals surface area contributed by atoms with Gasteiger partial charge in [-0.3, -0.25) is 4.79 Å². The molecule has 4 nitrogen and oxygen atoms in total. The Morgan fingerprint density at radius 2 is 1.95 bits per heavy atom. The minimum Gasteiger partial charge on any atom is -0.443 e. The maximum absolute atomic E-state index is 12.3. The number of rotatable bonds is 2. The number of imide groups is 1. The zero-order valence-corrected chi connectivity index (χ0v) is 13.0. The number of hydrogen-bond acceptors (Lipinski definition) is 3. The van der Waals surface area contributed by atoms with Crippen molar-refractivity contribution >= 4 is 12.0 Å². The second kappa shape index (κ2) is 6.29. The molecule has 0 bridgehead atoms. The summed E-state index contributed by atoms with van der Waals surface area (Å²) in [5, 5.41) is 0. The van der Waals surface area contributed by atoms with Gasteiger partial charge in [-0.25, -0.2) is 9.69 Å². The lowest BCUT2D eigenvalue weighted by molar-refractivity contribution is -0.135. The highest BCUT2D eigenvalue weighted by atomic mass is 16.6. The summed E-state index contributed by atoms with van der Waals surface area (Å²) in [6, 6.07) is 9.83. The van der Waals surface area contributed by atoms with E-state index in [1.165, 1.54) is 4.90 Å². The molecule has 114 valence electrons. The summed E-state index contributed by atoms with van der Waals surface area (Å²) in [5.74, 6) is -0.128. The Bertz CT molecular complexity index is 505. The fourth-order valence-corrected chi connectivity index (χ4v) is 2.58. The molecule has 1 fully saturated rings. The molecule has 1 saturated heterocycles. The maximum atomic E-state index is 12.3. The highest BCUT2D eigenvalue weighted by Crippen LogP contribution is 2.24. The van der Waals surface area contributed by atoms with Gasteiger partial charge in [-0.15, -0.1) is 0 Å². The quantitative estimate of drug-likeness (QED) is 0.836. The smallest absolute Gasteiger partial charge is 0.417 e. The lowest BCUT2D eigenvalue weighted by Gasteiger charge is -2.35. The van der Waals surface area contributed by atoms with E-state index in [-0.39, 0.29) is 11.9 Å². The molecule has 4 heteroatoms. The SMILES string of the molecule is CC(C)(C)OC(=O)N1C(=O)CCC[C@@H]1Cc1ccccc1. The first-order chi connectivity index (χ1) is 9.87. The Balaban J connectivity index is 2.13. The van der Waals surface area contributed by atoms with Crippen LogP contribution in [-0.2, 0) is 16.0 Å². The van der Waals surface area contributed by atoms with E-state index in [0.717, 1.165) is 18.4 Å². The summed E-state index contributed by atoms with van der Waals surface area (Å²) in [5.41, 5.74) is 0.539. The zero-order valence-electron chi connectivity index (χ0n) is 13.0. The molecule has 1 atom stereocenters. The largest absolute Gasteiger partial charge is 0.443 e. The first kappa shape index (κ1) is 15.5. The van der Waals surface area contributed by atoms with Crippen LogP contribution < -0.4 is 0 Å². The van der Waals surface area contributed by atoms with Crippen molar-refractivity contribution in [3.8, 4) is 0 Å². The van der Waals surface area contributed by atoms with Gasteiger partial charge in [-0.2, -0.15) is 0 Å². The third-order valence-electron chi connectivity index (χ3n) is 3.47. The molecule has 1 aromatic carbocycles. The van der Waals surface area contributed by atoms with Gasteiger partial charge in [0.1, 0.15) is 5.60 Å². The summed E-state index contributed by atoms with van der Waals surface area (Å²) in [6.45, 7) is 5.43. The summed E-state index contributed by atoms with van der Waals surface area (Å²) in [4.78, 5) is 25.8. The number of ether oxygens (including phenoxy) is 1. The standard InChI is InChI=1S/C17H23NO3/c1-17(2,3)21-16(20)18-14(10-7-11-15(18)19)12-13-8-5-4-6-9-13/h4-6,8-9,14H,7,10-12H2,1-3H3/t14-/m1/s1. The topological polar surface area (TPSA) is 46.6 Å². The molecule has 0 N–H and O–H groups in total. The fourth-order valence-electron chi connectivity index (χ4n) is 2.58. The number of amides is 2. The fraction of sp³-hybridized carbons (Fsp3) is 0.529. The van der Waals surface area contributed by atoms with Gasteiger partial charge in [0.25, 0.3) is 0 Å². The minimum absolute atomic E-state index is 0.108. The van der Waals surface area contributed by atoms with Gasteiger partial charge in [0.2, 0.25) is 5.91 Å². The molecule has 2 amide bonds. The second-order valence-electron chi connectivity index (χ2n) is 6.48. The molecule has 0 spiro atoms. The van der Waals surface area contributed by atoms with Crippen LogP contribution in [0.3, 0.4) is 0 Å². The van der Waals surface area contributed by atoms with Crippen molar-refractivity contribution in [2.45, 2.75) is 58.1 Å². The van der Waals surface area contributed by atoms with E-state index in [1.54, 1.807) is 0 Å². The summed E-state index contributed by atoms with van der Waals surface area (Å²) in [6.07, 6.45) is 2.25. The van der Waals surface area contributed by atoms with Crippen molar-refractivity contribution in [1.82, 2.24) is 4.90 Å². The van der Waals surface area contributed by atoms with Gasteiger partial charge in [-0.1, -0.05) is 30.3 Å². The predicted molar refractivity (Wildman–Crippen MR) is 80.9 cm³/mol. The monoisotopic (exact) mass is 289 g/mol. The Kier molecular flexibility index (Phi) is 4.66. The van der Waals surface area contributed by atoms with E-state index in [9.17, 15) is 9.59 Å². The Hall–Kier alpha value is -1.84. The van der Waals surface area contributed by atoms with Gasteiger partial charge >= 0.3 is 6.09 Å². The van der Waals surface area contributed by atoms with E-state index < -0.39 is 11.7 Å². The van der Waals surface area contributed by atoms with Crippen molar-refractivity contribution < 1.29 is 14.3 Å². The highest BCUT2D eigenvalue weighted by Gasteiger charge is 2.35. The molecule has 0 radical (unpaired) electrons. The molecule has 0 unspecified atom stereocenters. The average molecular weight is 289 g/mol. The molecule has 1 aliphatic heterocycles. The molecule has 1 aliphatic rings. The lowest BCUT2D eigenvalue weighted by atomic mass is 9.95. The van der Waals surface area contributed by atoms with Crippen molar-refractivity contribution in [3.05, 3.63) is 35.9 Å². The number of piperidine rings is 1. The van der Waals surface area contributed by atoms with Gasteiger partial charge in [0.15, 0.2) is 0 Å². The molecular formula is C17H23NO3. The van der Waals surface area contributed by atoms with Gasteiger partial charge < -0.3 is 4.74 Å². The molecule has 0 aliphatic carbocycles. The summed E-state index contributed by atoms with van der Waals surface area (Å²) >= 11 is 0. The molecule has 1 aromatic rings. The number of likely N-dealkylation sites (tertiary alicyclic amines) is 1. The number of carbonyl (C=O) groups is 2. The third kappa shape index (κ3) is 4.31. The number of hydrogen-bond donors (Lipinski definition) is 0. The Morgan fingerprint density at radius 3 is 2.57 bits per heavy atom. The average Bonchev–Trinajstić information content (AvgIpc) is 2.37. The molecule has 0 saturated carbocycles. The van der Waals surface area contributed by atoms with Crippen LogP contribution in [0.2, 0.25) is 0 Å². The Morgan fingerprint density at radius 1 is 1.29 bits per heavy atom. The third-order valence-corrected chi connectivity index (χ3v) is 3.47.